The summed E-state index contributed by atoms with van der Waals surface area (Å²) in [5.74, 6) is 2.28. The highest BCUT2D eigenvalue weighted by molar-refractivity contribution is 6.21. The van der Waals surface area contributed by atoms with Crippen LogP contribution in [0.3, 0.4) is 0 Å². The Hall–Kier alpha value is -2.82. The Morgan fingerprint density at radius 3 is 1.84 bits per heavy atom. The molecule has 4 nitrogen and oxygen atoms in total. The number of ketones is 2. The number of fused-ring (bicyclic) bond motifs is 3. The van der Waals surface area contributed by atoms with Gasteiger partial charge in [0.2, 0.25) is 0 Å². The van der Waals surface area contributed by atoms with Crippen LogP contribution in [0.4, 0.5) is 0 Å². The summed E-state index contributed by atoms with van der Waals surface area (Å²) in [6.45, 7) is 11.3. The average molecular weight is 593 g/mol. The van der Waals surface area contributed by atoms with Crippen LogP contribution in [-0.2, 0) is 0 Å². The van der Waals surface area contributed by atoms with Gasteiger partial charge in [0.15, 0.2) is 11.6 Å². The quantitative estimate of drug-likeness (QED) is 0.137. The molecule has 2 heterocycles. The summed E-state index contributed by atoms with van der Waals surface area (Å²) in [4.78, 5) is 31.9. The molecule has 0 atom stereocenters. The average Bonchev–Trinajstić information content (AvgIpc) is 3.37. The summed E-state index contributed by atoms with van der Waals surface area (Å²) in [5.41, 5.74) is 6.29. The van der Waals surface area contributed by atoms with Crippen LogP contribution in [0.1, 0.15) is 112 Å². The zero-order valence-electron chi connectivity index (χ0n) is 27.2. The summed E-state index contributed by atoms with van der Waals surface area (Å²) in [6.07, 6.45) is 13.6. The normalized spacial score (nSPS) is 17.8. The summed E-state index contributed by atoms with van der Waals surface area (Å²) in [5, 5.41) is 2.22. The SMILES string of the molecule is CCCC1CCN(CCCC(=O)c2ccc3c(c2)-c2ccc(C(=O)CCCN4CCC(CCC)CC4)c4cccc-3c24)CC1. The molecule has 0 spiro atoms. The highest BCUT2D eigenvalue weighted by Crippen LogP contribution is 2.48. The molecule has 234 valence electrons. The molecule has 0 amide bonds. The van der Waals surface area contributed by atoms with Crippen molar-refractivity contribution in [1.82, 2.24) is 9.80 Å². The summed E-state index contributed by atoms with van der Waals surface area (Å²) in [7, 11) is 0. The van der Waals surface area contributed by atoms with Crippen LogP contribution in [0.15, 0.2) is 48.5 Å². The van der Waals surface area contributed by atoms with Gasteiger partial charge in [-0.3, -0.25) is 9.59 Å². The van der Waals surface area contributed by atoms with Crippen LogP contribution < -0.4 is 0 Å². The Morgan fingerprint density at radius 1 is 0.659 bits per heavy atom. The molecule has 0 aromatic heterocycles. The van der Waals surface area contributed by atoms with E-state index in [9.17, 15) is 9.59 Å². The molecule has 0 saturated carbocycles. The number of carbonyl (C=O) groups excluding carboxylic acids is 2. The van der Waals surface area contributed by atoms with Gasteiger partial charge in [-0.25, -0.2) is 0 Å². The molecule has 0 unspecified atom stereocenters. The zero-order chi connectivity index (χ0) is 30.5. The molecule has 2 fully saturated rings. The molecule has 0 radical (unpaired) electrons. The van der Waals surface area contributed by atoms with Gasteiger partial charge < -0.3 is 9.80 Å². The van der Waals surface area contributed by atoms with Crippen molar-refractivity contribution in [2.75, 3.05) is 39.3 Å². The Bertz CT molecular complexity index is 1460. The van der Waals surface area contributed by atoms with E-state index >= 15 is 0 Å². The number of carbonyl (C=O) groups is 2. The van der Waals surface area contributed by atoms with E-state index in [1.54, 1.807) is 0 Å². The molecule has 3 aliphatic rings. The molecular weight excluding hydrogens is 540 g/mol. The molecule has 2 saturated heterocycles. The third kappa shape index (κ3) is 6.87. The first-order valence-corrected chi connectivity index (χ1v) is 17.8. The predicted molar refractivity (Wildman–Crippen MR) is 184 cm³/mol. The third-order valence-corrected chi connectivity index (χ3v) is 10.8. The third-order valence-electron chi connectivity index (χ3n) is 10.8. The monoisotopic (exact) mass is 592 g/mol. The van der Waals surface area contributed by atoms with Crippen molar-refractivity contribution in [3.05, 3.63) is 59.7 Å². The fourth-order valence-electron chi connectivity index (χ4n) is 8.29. The highest BCUT2D eigenvalue weighted by atomic mass is 16.1. The van der Waals surface area contributed by atoms with Crippen molar-refractivity contribution in [3.63, 3.8) is 0 Å². The smallest absolute Gasteiger partial charge is 0.163 e. The zero-order valence-corrected chi connectivity index (χ0v) is 27.2. The van der Waals surface area contributed by atoms with Gasteiger partial charge >= 0.3 is 0 Å². The minimum Gasteiger partial charge on any atom is -0.303 e. The van der Waals surface area contributed by atoms with E-state index in [1.165, 1.54) is 94.1 Å². The lowest BCUT2D eigenvalue weighted by atomic mass is 9.92. The second kappa shape index (κ2) is 14.5. The fourth-order valence-corrected chi connectivity index (χ4v) is 8.29. The number of hydrogen-bond acceptors (Lipinski definition) is 4. The van der Waals surface area contributed by atoms with Crippen molar-refractivity contribution in [3.8, 4) is 22.3 Å². The lowest BCUT2D eigenvalue weighted by Gasteiger charge is -2.31. The Kier molecular flexibility index (Phi) is 10.3. The van der Waals surface area contributed by atoms with E-state index in [4.69, 9.17) is 0 Å². The number of piperidine rings is 2. The minimum atomic E-state index is 0.238. The van der Waals surface area contributed by atoms with E-state index < -0.39 is 0 Å². The topological polar surface area (TPSA) is 40.6 Å². The van der Waals surface area contributed by atoms with E-state index in [0.717, 1.165) is 65.4 Å². The lowest BCUT2D eigenvalue weighted by molar-refractivity contribution is 0.0963. The summed E-state index contributed by atoms with van der Waals surface area (Å²) in [6, 6.07) is 16.8. The summed E-state index contributed by atoms with van der Waals surface area (Å²) < 4.78 is 0. The maximum atomic E-state index is 13.5. The Morgan fingerprint density at radius 2 is 1.23 bits per heavy atom. The Balaban J connectivity index is 1.07. The number of Topliss-reactive ketones (excluding diaryl/α,β-unsaturated/α-hetero) is 2. The molecule has 6 rings (SSSR count). The van der Waals surface area contributed by atoms with Crippen molar-refractivity contribution < 1.29 is 9.59 Å². The van der Waals surface area contributed by atoms with Crippen molar-refractivity contribution in [2.24, 2.45) is 11.8 Å². The van der Waals surface area contributed by atoms with E-state index in [-0.39, 0.29) is 11.6 Å². The standard InChI is InChI=1S/C40H52N2O2/c1-3-8-29-18-24-41(25-19-29)22-6-12-38(43)31-14-15-32-34-10-5-11-35-33(16-17-36(40(34)35)37(32)28-31)39(44)13-7-23-42-26-20-30(9-4-2)21-27-42/h5,10-11,14-17,28-30H,3-4,6-9,12-13,18-27H2,1-2H3. The number of nitrogens with zero attached hydrogens (tertiary/aromatic N) is 2. The van der Waals surface area contributed by atoms with Crippen LogP contribution >= 0.6 is 0 Å². The molecule has 3 aromatic carbocycles. The van der Waals surface area contributed by atoms with Crippen LogP contribution in [-0.4, -0.2) is 60.6 Å². The molecule has 44 heavy (non-hydrogen) atoms. The van der Waals surface area contributed by atoms with Crippen LogP contribution in [0, 0.1) is 11.8 Å². The van der Waals surface area contributed by atoms with Gasteiger partial charge in [0.25, 0.3) is 0 Å². The van der Waals surface area contributed by atoms with Gasteiger partial charge in [0, 0.05) is 24.0 Å². The highest BCUT2D eigenvalue weighted by Gasteiger charge is 2.26. The molecule has 2 aliphatic heterocycles. The maximum absolute atomic E-state index is 13.5. The predicted octanol–water partition coefficient (Wildman–Crippen LogP) is 9.44. The second-order valence-electron chi connectivity index (χ2n) is 13.9. The molecule has 0 bridgehead atoms. The van der Waals surface area contributed by atoms with Gasteiger partial charge in [0.1, 0.15) is 0 Å². The van der Waals surface area contributed by atoms with Gasteiger partial charge in [-0.1, -0.05) is 82.0 Å². The van der Waals surface area contributed by atoms with E-state index in [0.29, 0.717) is 12.8 Å². The molecule has 3 aromatic rings. The largest absolute Gasteiger partial charge is 0.303 e. The Labute approximate surface area is 265 Å². The van der Waals surface area contributed by atoms with Gasteiger partial charge in [-0.2, -0.15) is 0 Å². The van der Waals surface area contributed by atoms with E-state index in [2.05, 4.69) is 60.0 Å². The molecular formula is C40H52N2O2. The van der Waals surface area contributed by atoms with Crippen LogP contribution in [0.5, 0.6) is 0 Å². The number of likely N-dealkylation sites (tertiary alicyclic amines) is 2. The van der Waals surface area contributed by atoms with Crippen LogP contribution in [0.25, 0.3) is 33.0 Å². The first-order chi connectivity index (χ1) is 21.6. The fraction of sp³-hybridized carbons (Fsp3) is 0.550. The van der Waals surface area contributed by atoms with Crippen molar-refractivity contribution in [1.29, 1.82) is 0 Å². The van der Waals surface area contributed by atoms with Crippen LogP contribution in [0.2, 0.25) is 0 Å². The number of hydrogen-bond donors (Lipinski definition) is 0. The first-order valence-electron chi connectivity index (χ1n) is 17.8. The van der Waals surface area contributed by atoms with Crippen molar-refractivity contribution in [2.45, 2.75) is 90.9 Å². The van der Waals surface area contributed by atoms with E-state index in [1.807, 2.05) is 12.1 Å². The number of benzene rings is 3. The maximum Gasteiger partial charge on any atom is 0.163 e. The van der Waals surface area contributed by atoms with Gasteiger partial charge in [-0.15, -0.1) is 0 Å². The molecule has 1 aliphatic carbocycles. The number of rotatable bonds is 14. The van der Waals surface area contributed by atoms with Gasteiger partial charge in [-0.05, 0) is 129 Å². The second-order valence-corrected chi connectivity index (χ2v) is 13.9. The molecule has 4 heteroatoms. The summed E-state index contributed by atoms with van der Waals surface area (Å²) >= 11 is 0. The lowest BCUT2D eigenvalue weighted by Crippen LogP contribution is -2.34. The molecule has 0 N–H and O–H groups in total. The first kappa shape index (κ1) is 31.2. The van der Waals surface area contributed by atoms with Gasteiger partial charge in [0.05, 0.1) is 0 Å². The van der Waals surface area contributed by atoms with Crippen molar-refractivity contribution >= 4 is 22.3 Å². The minimum absolute atomic E-state index is 0.238.